The first kappa shape index (κ1) is 14.1. The molecule has 2 amide bonds. The first-order valence-corrected chi connectivity index (χ1v) is 5.67. The average Bonchev–Trinajstić information content (AvgIpc) is 2.35. The van der Waals surface area contributed by atoms with E-state index in [4.69, 9.17) is 11.6 Å². The molecule has 2 aromatic rings. The van der Waals surface area contributed by atoms with Crippen LogP contribution in [-0.4, -0.2) is 11.0 Å². The summed E-state index contributed by atoms with van der Waals surface area (Å²) in [5.41, 5.74) is 0.115. The first-order valence-electron chi connectivity index (χ1n) is 5.30. The Morgan fingerprint density at radius 2 is 1.65 bits per heavy atom. The third-order valence-electron chi connectivity index (χ3n) is 2.23. The number of hydrogen-bond acceptors (Lipinski definition) is 2. The highest BCUT2D eigenvalue weighted by molar-refractivity contribution is 6.29. The minimum Gasteiger partial charge on any atom is -0.308 e. The van der Waals surface area contributed by atoms with Crippen LogP contribution in [0.5, 0.6) is 0 Å². The number of halogens is 4. The molecule has 0 fully saturated rings. The summed E-state index contributed by atoms with van der Waals surface area (Å²) in [5.74, 6) is -4.39. The van der Waals surface area contributed by atoms with Crippen molar-refractivity contribution >= 4 is 29.0 Å². The second-order valence-corrected chi connectivity index (χ2v) is 4.09. The Kier molecular flexibility index (Phi) is 4.09. The van der Waals surface area contributed by atoms with Gasteiger partial charge in [0, 0.05) is 29.7 Å². The van der Waals surface area contributed by atoms with Gasteiger partial charge in [-0.1, -0.05) is 11.6 Å². The molecular weight excluding hydrogens is 295 g/mol. The molecule has 20 heavy (non-hydrogen) atoms. The van der Waals surface area contributed by atoms with Crippen LogP contribution in [0.25, 0.3) is 0 Å². The summed E-state index contributed by atoms with van der Waals surface area (Å²) in [6.07, 6.45) is 1.37. The molecule has 0 radical (unpaired) electrons. The maximum absolute atomic E-state index is 13.0. The summed E-state index contributed by atoms with van der Waals surface area (Å²) < 4.78 is 38.7. The summed E-state index contributed by atoms with van der Waals surface area (Å²) in [5, 5.41) is 4.70. The highest BCUT2D eigenvalue weighted by Crippen LogP contribution is 2.18. The Balaban J connectivity index is 2.09. The van der Waals surface area contributed by atoms with Crippen LogP contribution in [0.4, 0.5) is 29.3 Å². The van der Waals surface area contributed by atoms with Crippen LogP contribution in [0, 0.1) is 17.5 Å². The van der Waals surface area contributed by atoms with Crippen molar-refractivity contribution < 1.29 is 18.0 Å². The summed E-state index contributed by atoms with van der Waals surface area (Å²) in [7, 11) is 0. The number of pyridine rings is 1. The highest BCUT2D eigenvalue weighted by Gasteiger charge is 2.12. The average molecular weight is 302 g/mol. The van der Waals surface area contributed by atoms with Crippen molar-refractivity contribution in [3.05, 3.63) is 53.1 Å². The summed E-state index contributed by atoms with van der Waals surface area (Å²) in [6.45, 7) is 0. The van der Waals surface area contributed by atoms with Gasteiger partial charge in [-0.2, -0.15) is 0 Å². The Hall–Kier alpha value is -2.28. The van der Waals surface area contributed by atoms with Gasteiger partial charge in [-0.25, -0.2) is 22.9 Å². The quantitative estimate of drug-likeness (QED) is 0.655. The number of carbonyl (C=O) groups is 1. The zero-order chi connectivity index (χ0) is 14.7. The van der Waals surface area contributed by atoms with Crippen molar-refractivity contribution in [2.45, 2.75) is 0 Å². The summed E-state index contributed by atoms with van der Waals surface area (Å²) in [6, 6.07) is 3.41. The number of carbonyl (C=O) groups excluding carboxylic acids is 1. The van der Waals surface area contributed by atoms with Crippen LogP contribution >= 0.6 is 11.6 Å². The van der Waals surface area contributed by atoms with Gasteiger partial charge in [-0.05, 0) is 12.1 Å². The predicted molar refractivity (Wildman–Crippen MR) is 68.2 cm³/mol. The van der Waals surface area contributed by atoms with Gasteiger partial charge in [0.25, 0.3) is 0 Å². The van der Waals surface area contributed by atoms with Crippen molar-refractivity contribution in [2.24, 2.45) is 0 Å². The number of rotatable bonds is 2. The van der Waals surface area contributed by atoms with E-state index >= 15 is 0 Å². The van der Waals surface area contributed by atoms with Gasteiger partial charge in [-0.15, -0.1) is 0 Å². The molecule has 0 unspecified atom stereocenters. The smallest absolute Gasteiger partial charge is 0.308 e. The molecule has 2 rings (SSSR count). The minimum atomic E-state index is -1.60. The van der Waals surface area contributed by atoms with Gasteiger partial charge in [0.05, 0.1) is 0 Å². The molecule has 0 saturated carbocycles. The van der Waals surface area contributed by atoms with E-state index < -0.39 is 23.5 Å². The van der Waals surface area contributed by atoms with Gasteiger partial charge in [0.2, 0.25) is 0 Å². The van der Waals surface area contributed by atoms with Gasteiger partial charge in [0.15, 0.2) is 17.5 Å². The molecule has 0 aliphatic rings. The van der Waals surface area contributed by atoms with E-state index in [2.05, 4.69) is 15.6 Å². The van der Waals surface area contributed by atoms with E-state index in [1.54, 1.807) is 0 Å². The third-order valence-corrected chi connectivity index (χ3v) is 2.43. The second-order valence-electron chi connectivity index (χ2n) is 3.70. The van der Waals surface area contributed by atoms with E-state index in [1.165, 1.54) is 18.3 Å². The zero-order valence-corrected chi connectivity index (χ0v) is 10.5. The molecule has 0 atom stereocenters. The number of benzene rings is 1. The van der Waals surface area contributed by atoms with Crippen LogP contribution in [0.2, 0.25) is 5.15 Å². The lowest BCUT2D eigenvalue weighted by Gasteiger charge is -2.08. The fourth-order valence-electron chi connectivity index (χ4n) is 1.40. The first-order chi connectivity index (χ1) is 9.45. The maximum atomic E-state index is 13.0. The lowest BCUT2D eigenvalue weighted by molar-refractivity contribution is 0.262. The molecule has 0 spiro atoms. The minimum absolute atomic E-state index is 0.168. The SMILES string of the molecule is O=C(Nc1ccnc(Cl)c1)Nc1cc(F)c(F)c(F)c1. The number of hydrogen-bond donors (Lipinski definition) is 2. The maximum Gasteiger partial charge on any atom is 0.323 e. The lowest BCUT2D eigenvalue weighted by Crippen LogP contribution is -2.19. The van der Waals surface area contributed by atoms with Crippen LogP contribution in [0.1, 0.15) is 0 Å². The molecule has 0 aliphatic heterocycles. The molecule has 0 aliphatic carbocycles. The number of urea groups is 1. The van der Waals surface area contributed by atoms with Crippen molar-refractivity contribution in [3.8, 4) is 0 Å². The van der Waals surface area contributed by atoms with E-state index in [0.717, 1.165) is 0 Å². The predicted octanol–water partition coefficient (Wildman–Crippen LogP) is 3.80. The molecule has 104 valence electrons. The van der Waals surface area contributed by atoms with Crippen LogP contribution < -0.4 is 10.6 Å². The lowest BCUT2D eigenvalue weighted by atomic mass is 10.3. The molecule has 2 N–H and O–H groups in total. The van der Waals surface area contributed by atoms with E-state index in [-0.39, 0.29) is 10.8 Å². The Morgan fingerprint density at radius 1 is 1.05 bits per heavy atom. The van der Waals surface area contributed by atoms with Crippen molar-refractivity contribution in [1.82, 2.24) is 4.98 Å². The normalized spacial score (nSPS) is 10.2. The monoisotopic (exact) mass is 301 g/mol. The van der Waals surface area contributed by atoms with Crippen molar-refractivity contribution in [1.29, 1.82) is 0 Å². The molecule has 1 aromatic carbocycles. The van der Waals surface area contributed by atoms with E-state index in [9.17, 15) is 18.0 Å². The largest absolute Gasteiger partial charge is 0.323 e. The Labute approximate surface area is 116 Å². The van der Waals surface area contributed by atoms with Crippen LogP contribution in [0.3, 0.4) is 0 Å². The van der Waals surface area contributed by atoms with Crippen LogP contribution in [-0.2, 0) is 0 Å². The number of nitrogens with zero attached hydrogens (tertiary/aromatic N) is 1. The molecule has 0 saturated heterocycles. The Morgan fingerprint density at radius 3 is 2.25 bits per heavy atom. The fraction of sp³-hybridized carbons (Fsp3) is 0. The van der Waals surface area contributed by atoms with Crippen molar-refractivity contribution in [3.63, 3.8) is 0 Å². The summed E-state index contributed by atoms with van der Waals surface area (Å²) in [4.78, 5) is 15.3. The molecule has 8 heteroatoms. The number of aromatic nitrogens is 1. The molecular formula is C12H7ClF3N3O. The van der Waals surface area contributed by atoms with Gasteiger partial charge in [-0.3, -0.25) is 0 Å². The number of anilines is 2. The Bertz CT molecular complexity index is 643. The molecule has 1 aromatic heterocycles. The van der Waals surface area contributed by atoms with E-state index in [1.807, 2.05) is 0 Å². The van der Waals surface area contributed by atoms with Crippen molar-refractivity contribution in [2.75, 3.05) is 10.6 Å². The van der Waals surface area contributed by atoms with Gasteiger partial charge < -0.3 is 10.6 Å². The van der Waals surface area contributed by atoms with E-state index in [0.29, 0.717) is 17.8 Å². The topological polar surface area (TPSA) is 54.0 Å². The van der Waals surface area contributed by atoms with Gasteiger partial charge >= 0.3 is 6.03 Å². The highest BCUT2D eigenvalue weighted by atomic mass is 35.5. The van der Waals surface area contributed by atoms with Crippen LogP contribution in [0.15, 0.2) is 30.5 Å². The third kappa shape index (κ3) is 3.39. The molecule has 0 bridgehead atoms. The number of nitrogens with one attached hydrogen (secondary N) is 2. The van der Waals surface area contributed by atoms with Gasteiger partial charge in [0.1, 0.15) is 5.15 Å². The molecule has 4 nitrogen and oxygen atoms in total. The second kappa shape index (κ2) is 5.79. The summed E-state index contributed by atoms with van der Waals surface area (Å²) >= 11 is 5.62. The zero-order valence-electron chi connectivity index (χ0n) is 9.75. The fourth-order valence-corrected chi connectivity index (χ4v) is 1.58. The number of amides is 2. The standard InChI is InChI=1S/C12H7ClF3N3O/c13-10-5-6(1-2-17-10)18-12(20)19-7-3-8(14)11(16)9(15)4-7/h1-5H,(H2,17,18,19,20). The molecule has 1 heterocycles.